The minimum absolute atomic E-state index is 0.0989. The highest BCUT2D eigenvalue weighted by molar-refractivity contribution is 7.99. The van der Waals surface area contributed by atoms with Crippen molar-refractivity contribution in [2.24, 2.45) is 0 Å². The molecule has 5 heteroatoms. The van der Waals surface area contributed by atoms with Crippen molar-refractivity contribution < 1.29 is 4.79 Å². The lowest BCUT2D eigenvalue weighted by atomic mass is 10.3. The van der Waals surface area contributed by atoms with E-state index in [0.29, 0.717) is 11.5 Å². The van der Waals surface area contributed by atoms with E-state index < -0.39 is 0 Å². The standard InChI is InChI=1S/C12H18N2O2S/c1-3-14(4-2)12(16)9-17-8-10-5-6-13-11(15)7-10/h5-7H,3-4,8-9H2,1-2H3,(H,13,15). The Balaban J connectivity index is 2.37. The average molecular weight is 254 g/mol. The van der Waals surface area contributed by atoms with Gasteiger partial charge in [0.05, 0.1) is 5.75 Å². The predicted molar refractivity (Wildman–Crippen MR) is 71.2 cm³/mol. The summed E-state index contributed by atoms with van der Waals surface area (Å²) in [6, 6.07) is 3.42. The van der Waals surface area contributed by atoms with Crippen LogP contribution in [0.15, 0.2) is 23.1 Å². The molecular weight excluding hydrogens is 236 g/mol. The largest absolute Gasteiger partial charge is 0.343 e. The molecule has 0 radical (unpaired) electrons. The number of aromatic amines is 1. The number of nitrogens with zero attached hydrogens (tertiary/aromatic N) is 1. The molecule has 0 aliphatic carbocycles. The maximum absolute atomic E-state index is 11.7. The second kappa shape index (κ2) is 7.17. The molecule has 0 bridgehead atoms. The van der Waals surface area contributed by atoms with Crippen LogP contribution < -0.4 is 5.56 Å². The molecule has 0 aromatic carbocycles. The molecule has 1 rings (SSSR count). The van der Waals surface area contributed by atoms with Gasteiger partial charge in [0.15, 0.2) is 0 Å². The summed E-state index contributed by atoms with van der Waals surface area (Å²) in [6.07, 6.45) is 1.63. The molecule has 4 nitrogen and oxygen atoms in total. The molecule has 1 amide bonds. The van der Waals surface area contributed by atoms with Crippen molar-refractivity contribution in [1.29, 1.82) is 0 Å². The van der Waals surface area contributed by atoms with E-state index >= 15 is 0 Å². The number of hydrogen-bond acceptors (Lipinski definition) is 3. The van der Waals surface area contributed by atoms with Gasteiger partial charge in [-0.25, -0.2) is 0 Å². The predicted octanol–water partition coefficient (Wildman–Crippen LogP) is 1.48. The minimum Gasteiger partial charge on any atom is -0.343 e. The number of H-pyrrole nitrogens is 1. The van der Waals surface area contributed by atoms with Crippen LogP contribution in [0.25, 0.3) is 0 Å². The van der Waals surface area contributed by atoms with Crippen molar-refractivity contribution in [3.05, 3.63) is 34.2 Å². The number of nitrogens with one attached hydrogen (secondary N) is 1. The minimum atomic E-state index is -0.0989. The second-order valence-corrected chi connectivity index (χ2v) is 4.61. The Hall–Kier alpha value is -1.23. The smallest absolute Gasteiger partial charge is 0.248 e. The molecule has 0 fully saturated rings. The van der Waals surface area contributed by atoms with Crippen LogP contribution in [0.3, 0.4) is 0 Å². The monoisotopic (exact) mass is 254 g/mol. The van der Waals surface area contributed by atoms with Crippen LogP contribution in [0.1, 0.15) is 19.4 Å². The zero-order valence-corrected chi connectivity index (χ0v) is 11.0. The van der Waals surface area contributed by atoms with Crippen LogP contribution in [0, 0.1) is 0 Å². The molecule has 0 aliphatic heterocycles. The van der Waals surface area contributed by atoms with Gasteiger partial charge in [0, 0.05) is 31.1 Å². The second-order valence-electron chi connectivity index (χ2n) is 3.62. The highest BCUT2D eigenvalue weighted by Crippen LogP contribution is 2.10. The fourth-order valence-corrected chi connectivity index (χ4v) is 2.38. The molecule has 0 unspecified atom stereocenters. The zero-order valence-electron chi connectivity index (χ0n) is 10.2. The highest BCUT2D eigenvalue weighted by atomic mass is 32.2. The van der Waals surface area contributed by atoms with Gasteiger partial charge in [-0.05, 0) is 25.5 Å². The summed E-state index contributed by atoms with van der Waals surface area (Å²) in [4.78, 5) is 27.1. The fourth-order valence-electron chi connectivity index (χ4n) is 1.50. The van der Waals surface area contributed by atoms with Crippen LogP contribution in [-0.2, 0) is 10.5 Å². The number of pyridine rings is 1. The molecule has 1 aromatic rings. The summed E-state index contributed by atoms with van der Waals surface area (Å²) < 4.78 is 0. The van der Waals surface area contributed by atoms with E-state index in [-0.39, 0.29) is 11.5 Å². The van der Waals surface area contributed by atoms with Crippen molar-refractivity contribution in [3.63, 3.8) is 0 Å². The lowest BCUT2D eigenvalue weighted by molar-refractivity contribution is -0.127. The number of hydrogen-bond donors (Lipinski definition) is 1. The summed E-state index contributed by atoms with van der Waals surface area (Å²) in [5.74, 6) is 1.32. The van der Waals surface area contributed by atoms with Gasteiger partial charge in [-0.3, -0.25) is 9.59 Å². The molecule has 0 aliphatic rings. The SMILES string of the molecule is CCN(CC)C(=O)CSCc1cc[nH]c(=O)c1. The van der Waals surface area contributed by atoms with Gasteiger partial charge in [0.25, 0.3) is 0 Å². The number of rotatable bonds is 6. The molecule has 1 N–H and O–H groups in total. The summed E-state index contributed by atoms with van der Waals surface area (Å²) >= 11 is 1.54. The first-order valence-electron chi connectivity index (χ1n) is 5.70. The molecule has 0 atom stereocenters. The first-order chi connectivity index (χ1) is 8.17. The molecular formula is C12H18N2O2S. The van der Waals surface area contributed by atoms with Crippen LogP contribution in [0.5, 0.6) is 0 Å². The van der Waals surface area contributed by atoms with Crippen molar-refractivity contribution in [2.75, 3.05) is 18.8 Å². The van der Waals surface area contributed by atoms with Gasteiger partial charge in [-0.15, -0.1) is 11.8 Å². The number of aromatic nitrogens is 1. The third-order valence-corrected chi connectivity index (χ3v) is 3.44. The molecule has 1 aromatic heterocycles. The maximum atomic E-state index is 11.7. The lowest BCUT2D eigenvalue weighted by Crippen LogP contribution is -2.31. The fraction of sp³-hybridized carbons (Fsp3) is 0.500. The van der Waals surface area contributed by atoms with Crippen LogP contribution in [0.2, 0.25) is 0 Å². The van der Waals surface area contributed by atoms with Gasteiger partial charge in [-0.2, -0.15) is 0 Å². The summed E-state index contributed by atoms with van der Waals surface area (Å²) in [7, 11) is 0. The van der Waals surface area contributed by atoms with E-state index in [1.54, 1.807) is 12.3 Å². The molecule has 0 spiro atoms. The molecule has 0 saturated carbocycles. The van der Waals surface area contributed by atoms with E-state index in [0.717, 1.165) is 18.7 Å². The summed E-state index contributed by atoms with van der Waals surface area (Å²) in [5, 5.41) is 0. The Bertz CT molecular complexity index is 413. The molecule has 94 valence electrons. The van der Waals surface area contributed by atoms with E-state index in [9.17, 15) is 9.59 Å². The first-order valence-corrected chi connectivity index (χ1v) is 6.86. The quantitative estimate of drug-likeness (QED) is 0.836. The van der Waals surface area contributed by atoms with E-state index in [2.05, 4.69) is 4.98 Å². The number of carbonyl (C=O) groups excluding carboxylic acids is 1. The van der Waals surface area contributed by atoms with Crippen LogP contribution >= 0.6 is 11.8 Å². The van der Waals surface area contributed by atoms with Gasteiger partial charge >= 0.3 is 0 Å². The summed E-state index contributed by atoms with van der Waals surface area (Å²) in [5.41, 5.74) is 0.851. The van der Waals surface area contributed by atoms with Crippen molar-refractivity contribution in [3.8, 4) is 0 Å². The number of carbonyl (C=O) groups is 1. The number of thioether (sulfide) groups is 1. The molecule has 17 heavy (non-hydrogen) atoms. The van der Waals surface area contributed by atoms with Gasteiger partial charge < -0.3 is 9.88 Å². The Morgan fingerprint density at radius 1 is 1.41 bits per heavy atom. The van der Waals surface area contributed by atoms with E-state index in [1.807, 2.05) is 24.8 Å². The Kier molecular flexibility index (Phi) is 5.83. The third kappa shape index (κ3) is 4.65. The van der Waals surface area contributed by atoms with Crippen molar-refractivity contribution in [1.82, 2.24) is 9.88 Å². The van der Waals surface area contributed by atoms with E-state index in [1.165, 1.54) is 11.8 Å². The average Bonchev–Trinajstić information content (AvgIpc) is 2.30. The molecule has 0 saturated heterocycles. The lowest BCUT2D eigenvalue weighted by Gasteiger charge is -2.18. The normalized spacial score (nSPS) is 10.2. The van der Waals surface area contributed by atoms with Gasteiger partial charge in [0.2, 0.25) is 11.5 Å². The van der Waals surface area contributed by atoms with Crippen LogP contribution in [0.4, 0.5) is 0 Å². The maximum Gasteiger partial charge on any atom is 0.248 e. The van der Waals surface area contributed by atoms with Gasteiger partial charge in [-0.1, -0.05) is 0 Å². The Morgan fingerprint density at radius 3 is 2.71 bits per heavy atom. The highest BCUT2D eigenvalue weighted by Gasteiger charge is 2.08. The van der Waals surface area contributed by atoms with Crippen molar-refractivity contribution >= 4 is 17.7 Å². The summed E-state index contributed by atoms with van der Waals surface area (Å²) in [6.45, 7) is 5.45. The van der Waals surface area contributed by atoms with E-state index in [4.69, 9.17) is 0 Å². The zero-order chi connectivity index (χ0) is 12.7. The first kappa shape index (κ1) is 13.8. The van der Waals surface area contributed by atoms with Crippen LogP contribution in [-0.4, -0.2) is 34.6 Å². The van der Waals surface area contributed by atoms with Crippen molar-refractivity contribution in [2.45, 2.75) is 19.6 Å². The molecule has 1 heterocycles. The topological polar surface area (TPSA) is 53.2 Å². The van der Waals surface area contributed by atoms with Gasteiger partial charge in [0.1, 0.15) is 0 Å². The Morgan fingerprint density at radius 2 is 2.12 bits per heavy atom. The number of amides is 1. The Labute approximate surface area is 105 Å². The third-order valence-electron chi connectivity index (χ3n) is 2.45.